The minimum absolute atomic E-state index is 0.204. The van der Waals surface area contributed by atoms with Gasteiger partial charge in [0.15, 0.2) is 11.5 Å². The van der Waals surface area contributed by atoms with Crippen molar-refractivity contribution < 1.29 is 14.7 Å². The Hall–Kier alpha value is -2.15. The lowest BCUT2D eigenvalue weighted by Gasteiger charge is -2.23. The summed E-state index contributed by atoms with van der Waals surface area (Å²) in [5.74, 6) is 0.710. The number of anilines is 2. The van der Waals surface area contributed by atoms with E-state index in [1.807, 2.05) is 0 Å². The monoisotopic (exact) mass is 238 g/mol. The van der Waals surface area contributed by atoms with Crippen LogP contribution in [0.25, 0.3) is 0 Å². The molecule has 0 saturated carbocycles. The first kappa shape index (κ1) is 11.3. The summed E-state index contributed by atoms with van der Waals surface area (Å²) in [6.07, 6.45) is 1.27. The number of fused-ring (bicyclic) bond motifs is 1. The molecule has 7 heteroatoms. The van der Waals surface area contributed by atoms with Gasteiger partial charge in [0.1, 0.15) is 12.0 Å². The number of nitrogen functional groups attached to an aromatic ring is 2. The summed E-state index contributed by atoms with van der Waals surface area (Å²) in [6, 6.07) is 0. The summed E-state index contributed by atoms with van der Waals surface area (Å²) in [5, 5.41) is 10.3. The van der Waals surface area contributed by atoms with Gasteiger partial charge < -0.3 is 20.9 Å². The molecule has 5 N–H and O–H groups in total. The Labute approximate surface area is 98.2 Å². The van der Waals surface area contributed by atoms with Crippen LogP contribution in [0.2, 0.25) is 0 Å². The van der Waals surface area contributed by atoms with Crippen LogP contribution in [0.3, 0.4) is 0 Å². The van der Waals surface area contributed by atoms with Gasteiger partial charge >= 0.3 is 0 Å². The van der Waals surface area contributed by atoms with E-state index in [-0.39, 0.29) is 6.54 Å². The Bertz CT molecular complexity index is 487. The number of hydroxylamine groups is 2. The molecule has 1 aliphatic heterocycles. The first-order chi connectivity index (χ1) is 8.10. The number of rotatable bonds is 2. The van der Waals surface area contributed by atoms with Crippen molar-refractivity contribution in [2.24, 2.45) is 4.99 Å². The molecule has 0 aromatic heterocycles. The fraction of sp³-hybridized carbons (Fsp3) is 0.300. The molecule has 0 spiro atoms. The maximum Gasteiger partial charge on any atom is 0.188 e. The molecular formula is C10H14N4O3. The minimum atomic E-state index is 0.204. The molecule has 1 heterocycles. The molecule has 0 amide bonds. The maximum absolute atomic E-state index is 9.38. The summed E-state index contributed by atoms with van der Waals surface area (Å²) >= 11 is 0. The van der Waals surface area contributed by atoms with E-state index in [2.05, 4.69) is 4.99 Å². The van der Waals surface area contributed by atoms with Crippen LogP contribution in [-0.4, -0.2) is 30.8 Å². The van der Waals surface area contributed by atoms with Gasteiger partial charge in [0.25, 0.3) is 0 Å². The summed E-state index contributed by atoms with van der Waals surface area (Å²) in [4.78, 5) is 4.03. The molecule has 7 nitrogen and oxygen atoms in total. The van der Waals surface area contributed by atoms with E-state index in [1.165, 1.54) is 20.6 Å². The van der Waals surface area contributed by atoms with E-state index in [1.54, 1.807) is 0 Å². The Morgan fingerprint density at radius 2 is 1.82 bits per heavy atom. The van der Waals surface area contributed by atoms with E-state index in [0.29, 0.717) is 34.1 Å². The first-order valence-corrected chi connectivity index (χ1v) is 4.91. The molecule has 1 aromatic carbocycles. The lowest BCUT2D eigenvalue weighted by atomic mass is 10.1. The van der Waals surface area contributed by atoms with Crippen LogP contribution in [-0.2, 0) is 6.54 Å². The van der Waals surface area contributed by atoms with Crippen molar-refractivity contribution in [2.45, 2.75) is 6.54 Å². The lowest BCUT2D eigenvalue weighted by molar-refractivity contribution is -0.0177. The summed E-state index contributed by atoms with van der Waals surface area (Å²) in [5.41, 5.74) is 13.7. The highest BCUT2D eigenvalue weighted by atomic mass is 16.5. The largest absolute Gasteiger partial charge is 0.491 e. The third-order valence-corrected chi connectivity index (χ3v) is 2.61. The second kappa shape index (κ2) is 4.02. The van der Waals surface area contributed by atoms with Crippen molar-refractivity contribution in [1.29, 1.82) is 0 Å². The van der Waals surface area contributed by atoms with E-state index in [4.69, 9.17) is 20.9 Å². The average Bonchev–Trinajstić information content (AvgIpc) is 2.33. The SMILES string of the molecule is COc1c(N)c2c(c(N)c1OC)N=CN(O)C2. The van der Waals surface area contributed by atoms with Crippen LogP contribution in [0.1, 0.15) is 5.56 Å². The zero-order valence-corrected chi connectivity index (χ0v) is 9.60. The number of hydrogen-bond acceptors (Lipinski definition) is 7. The van der Waals surface area contributed by atoms with Crippen LogP contribution < -0.4 is 20.9 Å². The van der Waals surface area contributed by atoms with Gasteiger partial charge in [-0.05, 0) is 0 Å². The molecule has 0 aliphatic carbocycles. The third-order valence-electron chi connectivity index (χ3n) is 2.61. The topological polar surface area (TPSA) is 106 Å². The van der Waals surface area contributed by atoms with Crippen LogP contribution in [0, 0.1) is 0 Å². The Balaban J connectivity index is 2.72. The predicted molar refractivity (Wildman–Crippen MR) is 63.9 cm³/mol. The fourth-order valence-corrected chi connectivity index (χ4v) is 1.82. The fourth-order valence-electron chi connectivity index (χ4n) is 1.82. The molecule has 17 heavy (non-hydrogen) atoms. The highest BCUT2D eigenvalue weighted by molar-refractivity contribution is 5.89. The zero-order valence-electron chi connectivity index (χ0n) is 9.60. The molecule has 0 saturated heterocycles. The van der Waals surface area contributed by atoms with Crippen LogP contribution in [0.5, 0.6) is 11.5 Å². The molecular weight excluding hydrogens is 224 g/mol. The van der Waals surface area contributed by atoms with Gasteiger partial charge in [-0.3, -0.25) is 5.21 Å². The van der Waals surface area contributed by atoms with Crippen molar-refractivity contribution in [3.8, 4) is 11.5 Å². The van der Waals surface area contributed by atoms with Gasteiger partial charge in [0.2, 0.25) is 0 Å². The van der Waals surface area contributed by atoms with Crippen molar-refractivity contribution in [1.82, 2.24) is 5.06 Å². The van der Waals surface area contributed by atoms with Crippen molar-refractivity contribution in [3.05, 3.63) is 5.56 Å². The van der Waals surface area contributed by atoms with Gasteiger partial charge in [-0.2, -0.15) is 0 Å². The third kappa shape index (κ3) is 1.60. The smallest absolute Gasteiger partial charge is 0.188 e. The predicted octanol–water partition coefficient (Wildman–Crippen LogP) is 0.733. The van der Waals surface area contributed by atoms with Crippen LogP contribution in [0.15, 0.2) is 4.99 Å². The lowest BCUT2D eigenvalue weighted by Crippen LogP contribution is -2.21. The van der Waals surface area contributed by atoms with E-state index >= 15 is 0 Å². The first-order valence-electron chi connectivity index (χ1n) is 4.91. The zero-order chi connectivity index (χ0) is 12.6. The molecule has 1 aromatic rings. The number of methoxy groups -OCH3 is 2. The molecule has 0 radical (unpaired) electrons. The van der Waals surface area contributed by atoms with E-state index in [0.717, 1.165) is 5.06 Å². The van der Waals surface area contributed by atoms with E-state index in [9.17, 15) is 5.21 Å². The highest BCUT2D eigenvalue weighted by Gasteiger charge is 2.25. The standard InChI is InChI=1S/C10H14N4O3/c1-16-9-6(11)5-3-14(15)4-13-8(5)7(12)10(9)17-2/h4,15H,3,11-12H2,1-2H3. The Kier molecular flexibility index (Phi) is 2.68. The number of ether oxygens (including phenoxy) is 2. The van der Waals surface area contributed by atoms with Crippen molar-refractivity contribution in [3.63, 3.8) is 0 Å². The second-order valence-electron chi connectivity index (χ2n) is 3.56. The summed E-state index contributed by atoms with van der Waals surface area (Å²) in [7, 11) is 2.95. The molecule has 2 rings (SSSR count). The summed E-state index contributed by atoms with van der Waals surface area (Å²) in [6.45, 7) is 0.204. The van der Waals surface area contributed by atoms with Crippen molar-refractivity contribution in [2.75, 3.05) is 25.7 Å². The molecule has 92 valence electrons. The van der Waals surface area contributed by atoms with Gasteiger partial charge in [-0.25, -0.2) is 10.1 Å². The number of benzene rings is 1. The Morgan fingerprint density at radius 3 is 2.41 bits per heavy atom. The Morgan fingerprint density at radius 1 is 1.24 bits per heavy atom. The second-order valence-corrected chi connectivity index (χ2v) is 3.56. The molecule has 1 aliphatic rings. The normalized spacial score (nSPS) is 13.5. The van der Waals surface area contributed by atoms with Gasteiger partial charge in [-0.15, -0.1) is 0 Å². The number of nitrogens with zero attached hydrogens (tertiary/aromatic N) is 2. The van der Waals surface area contributed by atoms with E-state index < -0.39 is 0 Å². The van der Waals surface area contributed by atoms with Gasteiger partial charge in [0, 0.05) is 5.56 Å². The molecule has 0 unspecified atom stereocenters. The average molecular weight is 238 g/mol. The molecule has 0 bridgehead atoms. The molecule has 0 fully saturated rings. The maximum atomic E-state index is 9.38. The van der Waals surface area contributed by atoms with Crippen LogP contribution >= 0.6 is 0 Å². The summed E-state index contributed by atoms with van der Waals surface area (Å²) < 4.78 is 10.3. The highest BCUT2D eigenvalue weighted by Crippen LogP contribution is 2.48. The number of aliphatic imine (C=N–C) groups is 1. The van der Waals surface area contributed by atoms with Gasteiger partial charge in [0.05, 0.1) is 32.1 Å². The van der Waals surface area contributed by atoms with Gasteiger partial charge in [-0.1, -0.05) is 0 Å². The van der Waals surface area contributed by atoms with Crippen LogP contribution in [0.4, 0.5) is 17.1 Å². The number of hydrogen-bond donors (Lipinski definition) is 3. The van der Waals surface area contributed by atoms with Crippen molar-refractivity contribution >= 4 is 23.4 Å². The molecule has 0 atom stereocenters. The number of nitrogens with two attached hydrogens (primary N) is 2. The minimum Gasteiger partial charge on any atom is -0.491 e. The quantitative estimate of drug-likeness (QED) is 0.656.